The van der Waals surface area contributed by atoms with Gasteiger partial charge >= 0.3 is 0 Å². The van der Waals surface area contributed by atoms with Crippen LogP contribution in [0.25, 0.3) is 0 Å². The summed E-state index contributed by atoms with van der Waals surface area (Å²) < 4.78 is 38.0. The maximum absolute atomic E-state index is 12.6. The highest BCUT2D eigenvalue weighted by atomic mass is 79.9. The Kier molecular flexibility index (Phi) is 6.48. The molecule has 1 heterocycles. The van der Waals surface area contributed by atoms with Gasteiger partial charge in [0.2, 0.25) is 10.0 Å². The van der Waals surface area contributed by atoms with Crippen LogP contribution in [0.5, 0.6) is 5.75 Å². The molecule has 1 fully saturated rings. The third-order valence-electron chi connectivity index (χ3n) is 3.91. The van der Waals surface area contributed by atoms with Crippen LogP contribution in [-0.2, 0) is 19.6 Å². The lowest BCUT2D eigenvalue weighted by Gasteiger charge is -2.26. The number of sulfonamides is 1. The van der Waals surface area contributed by atoms with Crippen LogP contribution < -0.4 is 10.1 Å². The molecule has 0 bridgehead atoms. The van der Waals surface area contributed by atoms with Crippen LogP contribution in [0.15, 0.2) is 57.9 Å². The second-order valence-corrected chi connectivity index (χ2v) is 8.69. The number of hydrogen-bond acceptors (Lipinski definition) is 5. The van der Waals surface area contributed by atoms with Gasteiger partial charge in [-0.15, -0.1) is 0 Å². The summed E-state index contributed by atoms with van der Waals surface area (Å²) in [6.07, 6.45) is 0. The monoisotopic (exact) mass is 454 g/mol. The maximum atomic E-state index is 12.6. The lowest BCUT2D eigenvalue weighted by atomic mass is 10.3. The lowest BCUT2D eigenvalue weighted by Crippen LogP contribution is -2.40. The summed E-state index contributed by atoms with van der Waals surface area (Å²) in [5, 5.41) is 2.72. The predicted octanol–water partition coefficient (Wildman–Crippen LogP) is 2.49. The van der Waals surface area contributed by atoms with Crippen molar-refractivity contribution in [3.05, 3.63) is 53.0 Å². The summed E-state index contributed by atoms with van der Waals surface area (Å²) in [5.74, 6) is 0.110. The van der Waals surface area contributed by atoms with Crippen LogP contribution in [-0.4, -0.2) is 51.5 Å². The molecule has 0 aliphatic carbocycles. The summed E-state index contributed by atoms with van der Waals surface area (Å²) in [6.45, 7) is 1.30. The van der Waals surface area contributed by atoms with Gasteiger partial charge in [0.05, 0.1) is 18.1 Å². The Morgan fingerprint density at radius 3 is 2.52 bits per heavy atom. The normalized spacial score (nSPS) is 15.3. The molecule has 0 atom stereocenters. The molecule has 144 valence electrons. The van der Waals surface area contributed by atoms with E-state index in [1.165, 1.54) is 16.4 Å². The number of rotatable bonds is 6. The highest BCUT2D eigenvalue weighted by Gasteiger charge is 2.26. The minimum Gasteiger partial charge on any atom is -0.484 e. The zero-order valence-corrected chi connectivity index (χ0v) is 16.8. The highest BCUT2D eigenvalue weighted by molar-refractivity contribution is 9.10. The molecular formula is C18H19BrN2O5S. The molecule has 2 aromatic carbocycles. The number of hydrogen-bond donors (Lipinski definition) is 1. The molecule has 0 saturated carbocycles. The Morgan fingerprint density at radius 2 is 1.85 bits per heavy atom. The Hall–Kier alpha value is -1.94. The molecule has 9 heteroatoms. The van der Waals surface area contributed by atoms with Gasteiger partial charge in [-0.05, 0) is 42.5 Å². The molecule has 3 rings (SSSR count). The fraction of sp³-hybridized carbons (Fsp3) is 0.278. The largest absolute Gasteiger partial charge is 0.484 e. The Labute approximate surface area is 166 Å². The minimum absolute atomic E-state index is 0.178. The summed E-state index contributed by atoms with van der Waals surface area (Å²) >= 11 is 3.34. The van der Waals surface area contributed by atoms with Crippen molar-refractivity contribution in [3.8, 4) is 5.75 Å². The van der Waals surface area contributed by atoms with Crippen molar-refractivity contribution in [2.24, 2.45) is 0 Å². The third-order valence-corrected chi connectivity index (χ3v) is 6.32. The predicted molar refractivity (Wildman–Crippen MR) is 104 cm³/mol. The van der Waals surface area contributed by atoms with Gasteiger partial charge in [-0.3, -0.25) is 4.79 Å². The van der Waals surface area contributed by atoms with E-state index in [0.29, 0.717) is 37.7 Å². The first-order chi connectivity index (χ1) is 12.9. The van der Waals surface area contributed by atoms with Gasteiger partial charge in [-0.2, -0.15) is 4.31 Å². The first kappa shape index (κ1) is 19.8. The minimum atomic E-state index is -3.54. The number of amides is 1. The van der Waals surface area contributed by atoms with Gasteiger partial charge in [0.15, 0.2) is 6.61 Å². The van der Waals surface area contributed by atoms with E-state index >= 15 is 0 Å². The van der Waals surface area contributed by atoms with Crippen LogP contribution >= 0.6 is 15.9 Å². The van der Waals surface area contributed by atoms with Crippen molar-refractivity contribution in [3.63, 3.8) is 0 Å². The Morgan fingerprint density at radius 1 is 1.15 bits per heavy atom. The number of halogens is 1. The molecule has 27 heavy (non-hydrogen) atoms. The van der Waals surface area contributed by atoms with E-state index in [2.05, 4.69) is 21.2 Å². The average molecular weight is 455 g/mol. The SMILES string of the molecule is O=C(COc1ccc(S(=O)(=O)N2CCOCC2)cc1)Nc1cccc(Br)c1. The lowest BCUT2D eigenvalue weighted by molar-refractivity contribution is -0.118. The van der Waals surface area contributed by atoms with Crippen molar-refractivity contribution in [1.82, 2.24) is 4.31 Å². The van der Waals surface area contributed by atoms with Gasteiger partial charge in [0.1, 0.15) is 5.75 Å². The van der Waals surface area contributed by atoms with Crippen LogP contribution in [0.4, 0.5) is 5.69 Å². The molecule has 1 aliphatic heterocycles. The van der Waals surface area contributed by atoms with Crippen LogP contribution in [0.1, 0.15) is 0 Å². The molecule has 0 spiro atoms. The molecule has 0 unspecified atom stereocenters. The van der Waals surface area contributed by atoms with E-state index in [4.69, 9.17) is 9.47 Å². The molecule has 1 saturated heterocycles. The maximum Gasteiger partial charge on any atom is 0.262 e. The number of carbonyl (C=O) groups excluding carboxylic acids is 1. The molecule has 7 nitrogen and oxygen atoms in total. The second-order valence-electron chi connectivity index (χ2n) is 5.84. The van der Waals surface area contributed by atoms with Crippen LogP contribution in [0.2, 0.25) is 0 Å². The van der Waals surface area contributed by atoms with Crippen molar-refractivity contribution < 1.29 is 22.7 Å². The average Bonchev–Trinajstić information content (AvgIpc) is 2.67. The molecule has 0 aromatic heterocycles. The van der Waals surface area contributed by atoms with Crippen molar-refractivity contribution in [2.45, 2.75) is 4.90 Å². The van der Waals surface area contributed by atoms with E-state index in [1.807, 2.05) is 12.1 Å². The van der Waals surface area contributed by atoms with E-state index in [0.717, 1.165) is 4.47 Å². The number of ether oxygens (including phenoxy) is 2. The molecule has 0 radical (unpaired) electrons. The number of nitrogens with one attached hydrogen (secondary N) is 1. The first-order valence-electron chi connectivity index (χ1n) is 8.31. The van der Waals surface area contributed by atoms with Gasteiger partial charge in [-0.1, -0.05) is 22.0 Å². The summed E-state index contributed by atoms with van der Waals surface area (Å²) in [7, 11) is -3.54. The third kappa shape index (κ3) is 5.29. The standard InChI is InChI=1S/C18H19BrN2O5S/c19-14-2-1-3-15(12-14)20-18(22)13-26-16-4-6-17(7-5-16)27(23,24)21-8-10-25-11-9-21/h1-7,12H,8-11,13H2,(H,20,22). The van der Waals surface area contributed by atoms with Crippen molar-refractivity contribution in [1.29, 1.82) is 0 Å². The fourth-order valence-corrected chi connectivity index (χ4v) is 4.36. The summed E-state index contributed by atoms with van der Waals surface area (Å²) in [6, 6.07) is 13.3. The van der Waals surface area contributed by atoms with Crippen molar-refractivity contribution in [2.75, 3.05) is 38.2 Å². The van der Waals surface area contributed by atoms with E-state index in [9.17, 15) is 13.2 Å². The highest BCUT2D eigenvalue weighted by Crippen LogP contribution is 2.21. The molecule has 1 amide bonds. The Balaban J connectivity index is 1.56. The number of nitrogens with zero attached hydrogens (tertiary/aromatic N) is 1. The zero-order valence-electron chi connectivity index (χ0n) is 14.4. The van der Waals surface area contributed by atoms with E-state index in [-0.39, 0.29) is 17.4 Å². The summed E-state index contributed by atoms with van der Waals surface area (Å²) in [5.41, 5.74) is 0.657. The number of anilines is 1. The second kappa shape index (κ2) is 8.83. The van der Waals surface area contributed by atoms with Gasteiger partial charge in [0, 0.05) is 23.2 Å². The summed E-state index contributed by atoms with van der Waals surface area (Å²) in [4.78, 5) is 12.2. The molecule has 1 aliphatic rings. The number of benzene rings is 2. The molecular weight excluding hydrogens is 436 g/mol. The quantitative estimate of drug-likeness (QED) is 0.724. The van der Waals surface area contributed by atoms with E-state index < -0.39 is 10.0 Å². The number of morpholine rings is 1. The first-order valence-corrected chi connectivity index (χ1v) is 10.5. The topological polar surface area (TPSA) is 84.9 Å². The fourth-order valence-electron chi connectivity index (χ4n) is 2.56. The van der Waals surface area contributed by atoms with Crippen molar-refractivity contribution >= 4 is 37.5 Å². The molecule has 1 N–H and O–H groups in total. The van der Waals surface area contributed by atoms with Crippen LogP contribution in [0, 0.1) is 0 Å². The van der Waals surface area contributed by atoms with Crippen LogP contribution in [0.3, 0.4) is 0 Å². The molecule has 2 aromatic rings. The van der Waals surface area contributed by atoms with E-state index in [1.54, 1.807) is 24.3 Å². The van der Waals surface area contributed by atoms with Gasteiger partial charge in [0.25, 0.3) is 5.91 Å². The van der Waals surface area contributed by atoms with Gasteiger partial charge in [-0.25, -0.2) is 8.42 Å². The smallest absolute Gasteiger partial charge is 0.262 e. The Bertz CT molecular complexity index is 896. The van der Waals surface area contributed by atoms with Gasteiger partial charge < -0.3 is 14.8 Å². The zero-order chi connectivity index (χ0) is 19.3. The number of carbonyl (C=O) groups is 1.